The van der Waals surface area contributed by atoms with Gasteiger partial charge in [-0.05, 0) is 32.1 Å². The zero-order valence-electron chi connectivity index (χ0n) is 18.0. The Labute approximate surface area is 180 Å². The standard InChI is InChI=1S/C20H29F5O5Si/c1-4-9-28-31(29-10-5-2,30-11-6-3)13-8-7-12-27-20(26)14-15(21)17(23)19(25)18(24)16(14)22/h4-13H2,1-3H3. The number of hydrogen-bond donors (Lipinski definition) is 0. The topological polar surface area (TPSA) is 54.0 Å². The van der Waals surface area contributed by atoms with Crippen molar-refractivity contribution in [2.24, 2.45) is 0 Å². The second-order valence-electron chi connectivity index (χ2n) is 6.77. The van der Waals surface area contributed by atoms with Crippen LogP contribution in [0, 0.1) is 29.1 Å². The Morgan fingerprint density at radius 3 is 1.52 bits per heavy atom. The summed E-state index contributed by atoms with van der Waals surface area (Å²) in [6, 6.07) is 0.438. The van der Waals surface area contributed by atoms with Crippen LogP contribution in [0.15, 0.2) is 0 Å². The van der Waals surface area contributed by atoms with Gasteiger partial charge >= 0.3 is 14.8 Å². The number of hydrogen-bond acceptors (Lipinski definition) is 5. The Morgan fingerprint density at radius 2 is 1.10 bits per heavy atom. The Bertz CT molecular complexity index is 669. The number of carbonyl (C=O) groups excluding carboxylic acids is 1. The normalized spacial score (nSPS) is 11.7. The third kappa shape index (κ3) is 7.81. The number of halogens is 5. The predicted octanol–water partition coefficient (Wildman–Crippen LogP) is 5.54. The monoisotopic (exact) mass is 472 g/mol. The van der Waals surface area contributed by atoms with E-state index in [0.717, 1.165) is 19.3 Å². The second-order valence-corrected chi connectivity index (χ2v) is 9.50. The summed E-state index contributed by atoms with van der Waals surface area (Å²) < 4.78 is 89.4. The van der Waals surface area contributed by atoms with Gasteiger partial charge in [-0.15, -0.1) is 0 Å². The lowest BCUT2D eigenvalue weighted by Gasteiger charge is -2.29. The fraction of sp³-hybridized carbons (Fsp3) is 0.650. The largest absolute Gasteiger partial charge is 0.500 e. The third-order valence-electron chi connectivity index (χ3n) is 4.10. The quantitative estimate of drug-likeness (QED) is 0.0838. The van der Waals surface area contributed by atoms with Gasteiger partial charge in [-0.2, -0.15) is 0 Å². The van der Waals surface area contributed by atoms with Crippen molar-refractivity contribution in [1.29, 1.82) is 0 Å². The lowest BCUT2D eigenvalue weighted by Crippen LogP contribution is -2.46. The number of rotatable bonds is 15. The summed E-state index contributed by atoms with van der Waals surface area (Å²) in [4.78, 5) is 11.9. The molecule has 0 N–H and O–H groups in total. The Hall–Kier alpha value is -1.56. The molecule has 11 heteroatoms. The highest BCUT2D eigenvalue weighted by atomic mass is 28.4. The average Bonchev–Trinajstić information content (AvgIpc) is 2.76. The van der Waals surface area contributed by atoms with Crippen LogP contribution in [0.1, 0.15) is 63.2 Å². The van der Waals surface area contributed by atoms with Crippen molar-refractivity contribution in [2.45, 2.75) is 58.9 Å². The fourth-order valence-electron chi connectivity index (χ4n) is 2.58. The van der Waals surface area contributed by atoms with Gasteiger partial charge in [0, 0.05) is 25.9 Å². The van der Waals surface area contributed by atoms with E-state index in [1.807, 2.05) is 20.8 Å². The summed E-state index contributed by atoms with van der Waals surface area (Å²) in [6.07, 6.45) is 3.04. The van der Waals surface area contributed by atoms with E-state index in [9.17, 15) is 26.7 Å². The molecule has 31 heavy (non-hydrogen) atoms. The van der Waals surface area contributed by atoms with E-state index in [-0.39, 0.29) is 13.0 Å². The molecule has 178 valence electrons. The maximum absolute atomic E-state index is 13.7. The first-order valence-electron chi connectivity index (χ1n) is 10.3. The van der Waals surface area contributed by atoms with Crippen molar-refractivity contribution in [3.8, 4) is 0 Å². The molecule has 0 saturated carbocycles. The summed E-state index contributed by atoms with van der Waals surface area (Å²) in [6.45, 7) is 6.99. The van der Waals surface area contributed by atoms with Gasteiger partial charge < -0.3 is 18.0 Å². The summed E-state index contributed by atoms with van der Waals surface area (Å²) in [7, 11) is -2.94. The van der Waals surface area contributed by atoms with E-state index in [0.29, 0.717) is 32.3 Å². The molecule has 1 rings (SSSR count). The molecule has 0 aliphatic carbocycles. The molecule has 0 unspecified atom stereocenters. The molecule has 0 amide bonds. The summed E-state index contributed by atoms with van der Waals surface area (Å²) in [5.74, 6) is -12.8. The molecule has 0 saturated heterocycles. The van der Waals surface area contributed by atoms with Crippen molar-refractivity contribution >= 4 is 14.8 Å². The van der Waals surface area contributed by atoms with E-state index in [1.54, 1.807) is 0 Å². The molecule has 0 atom stereocenters. The van der Waals surface area contributed by atoms with Crippen LogP contribution in [0.2, 0.25) is 6.04 Å². The highest BCUT2D eigenvalue weighted by Gasteiger charge is 2.40. The molecule has 0 fully saturated rings. The predicted molar refractivity (Wildman–Crippen MR) is 105 cm³/mol. The highest BCUT2D eigenvalue weighted by Crippen LogP contribution is 2.24. The SMILES string of the molecule is CCCO[Si](CCCCOC(=O)c1c(F)c(F)c(F)c(F)c1F)(OCCC)OCCC. The number of unbranched alkanes of at least 4 members (excludes halogenated alkanes) is 1. The third-order valence-corrected chi connectivity index (χ3v) is 7.00. The zero-order chi connectivity index (χ0) is 23.4. The van der Waals surface area contributed by atoms with Crippen LogP contribution in [0.4, 0.5) is 22.0 Å². The van der Waals surface area contributed by atoms with Crippen molar-refractivity contribution in [2.75, 3.05) is 26.4 Å². The first-order valence-corrected chi connectivity index (χ1v) is 12.3. The minimum atomic E-state index is -2.94. The Kier molecular flexibility index (Phi) is 12.2. The van der Waals surface area contributed by atoms with Gasteiger partial charge in [0.05, 0.1) is 6.61 Å². The summed E-state index contributed by atoms with van der Waals surface area (Å²) >= 11 is 0. The number of ether oxygens (including phenoxy) is 1. The van der Waals surface area contributed by atoms with Gasteiger partial charge in [-0.3, -0.25) is 0 Å². The van der Waals surface area contributed by atoms with Crippen molar-refractivity contribution in [1.82, 2.24) is 0 Å². The lowest BCUT2D eigenvalue weighted by atomic mass is 10.1. The van der Waals surface area contributed by atoms with Gasteiger partial charge in [0.15, 0.2) is 23.3 Å². The van der Waals surface area contributed by atoms with Crippen molar-refractivity contribution in [3.05, 3.63) is 34.6 Å². The lowest BCUT2D eigenvalue weighted by molar-refractivity contribution is 0.0474. The van der Waals surface area contributed by atoms with Gasteiger partial charge in [0.25, 0.3) is 0 Å². The number of benzene rings is 1. The molecule has 0 aliphatic heterocycles. The first kappa shape index (κ1) is 27.5. The molecule has 0 radical (unpaired) electrons. The zero-order valence-corrected chi connectivity index (χ0v) is 19.0. The van der Waals surface area contributed by atoms with Crippen LogP contribution in [0.25, 0.3) is 0 Å². The maximum atomic E-state index is 13.7. The van der Waals surface area contributed by atoms with E-state index in [4.69, 9.17) is 18.0 Å². The summed E-state index contributed by atoms with van der Waals surface area (Å²) in [5.41, 5.74) is -1.61. The van der Waals surface area contributed by atoms with E-state index in [1.165, 1.54) is 0 Å². The minimum absolute atomic E-state index is 0.260. The molecule has 0 bridgehead atoms. The van der Waals surface area contributed by atoms with E-state index >= 15 is 0 Å². The molecule has 1 aromatic rings. The second kappa shape index (κ2) is 13.8. The molecular formula is C20H29F5O5Si. The molecule has 0 aliphatic rings. The average molecular weight is 473 g/mol. The maximum Gasteiger partial charge on any atom is 0.500 e. The number of esters is 1. The van der Waals surface area contributed by atoms with Crippen LogP contribution in [-0.2, 0) is 18.0 Å². The van der Waals surface area contributed by atoms with Crippen molar-refractivity contribution in [3.63, 3.8) is 0 Å². The first-order chi connectivity index (χ1) is 14.7. The van der Waals surface area contributed by atoms with Gasteiger partial charge in [-0.25, -0.2) is 26.7 Å². The Balaban J connectivity index is 2.70. The molecule has 0 aromatic heterocycles. The Morgan fingerprint density at radius 1 is 0.677 bits per heavy atom. The molecular weight excluding hydrogens is 443 g/mol. The molecule has 0 heterocycles. The highest BCUT2D eigenvalue weighted by molar-refractivity contribution is 6.60. The van der Waals surface area contributed by atoms with Crippen LogP contribution >= 0.6 is 0 Å². The van der Waals surface area contributed by atoms with Gasteiger partial charge in [0.1, 0.15) is 5.56 Å². The van der Waals surface area contributed by atoms with E-state index in [2.05, 4.69) is 0 Å². The van der Waals surface area contributed by atoms with Crippen LogP contribution in [0.3, 0.4) is 0 Å². The van der Waals surface area contributed by atoms with Crippen molar-refractivity contribution < 1.29 is 44.8 Å². The fourth-order valence-corrected chi connectivity index (χ4v) is 5.49. The molecule has 0 spiro atoms. The van der Waals surface area contributed by atoms with Gasteiger partial charge in [-0.1, -0.05) is 20.8 Å². The van der Waals surface area contributed by atoms with E-state index < -0.39 is 49.4 Å². The van der Waals surface area contributed by atoms with Crippen LogP contribution < -0.4 is 0 Å². The van der Waals surface area contributed by atoms with Crippen LogP contribution in [-0.4, -0.2) is 41.2 Å². The molecule has 5 nitrogen and oxygen atoms in total. The van der Waals surface area contributed by atoms with Crippen LogP contribution in [0.5, 0.6) is 0 Å². The smallest absolute Gasteiger partial charge is 0.462 e. The minimum Gasteiger partial charge on any atom is -0.462 e. The number of carbonyl (C=O) groups is 1. The molecule has 1 aromatic carbocycles. The van der Waals surface area contributed by atoms with Gasteiger partial charge in [0.2, 0.25) is 5.82 Å². The summed E-state index contributed by atoms with van der Waals surface area (Å²) in [5, 5.41) is 0.